The van der Waals surface area contributed by atoms with Gasteiger partial charge in [0.1, 0.15) is 6.61 Å². The number of hydrogen-bond donors (Lipinski definition) is 1. The summed E-state index contributed by atoms with van der Waals surface area (Å²) in [4.78, 5) is 0. The van der Waals surface area contributed by atoms with Crippen molar-refractivity contribution in [1.29, 1.82) is 0 Å². The van der Waals surface area contributed by atoms with Crippen LogP contribution in [0.3, 0.4) is 0 Å². The van der Waals surface area contributed by atoms with E-state index >= 15 is 0 Å². The number of rotatable bonds is 4. The molecule has 0 atom stereocenters. The lowest BCUT2D eigenvalue weighted by Gasteiger charge is -2.12. The molecule has 2 N–H and O–H groups in total. The number of hydrogen-bond acceptors (Lipinski definition) is 3. The lowest BCUT2D eigenvalue weighted by atomic mass is 10.2. The van der Waals surface area contributed by atoms with Gasteiger partial charge in [-0.05, 0) is 45.8 Å². The number of nitrogens with two attached hydrogens (primary N) is 1. The molecule has 0 fully saturated rings. The van der Waals surface area contributed by atoms with Crippen LogP contribution in [-0.2, 0) is 6.61 Å². The molecule has 2 aromatic carbocycles. The monoisotopic (exact) mass is 359 g/mol. The second-order valence-electron chi connectivity index (χ2n) is 4.06. The zero-order valence-electron chi connectivity index (χ0n) is 10.6. The second-order valence-corrected chi connectivity index (χ2v) is 5.35. The second kappa shape index (κ2) is 6.33. The third-order valence-electron chi connectivity index (χ3n) is 2.64. The Morgan fingerprint density at radius 1 is 1.30 bits per heavy atom. The molecule has 0 saturated heterocycles. The predicted octanol–water partition coefficient (Wildman–Crippen LogP) is 4.41. The van der Waals surface area contributed by atoms with Crippen molar-refractivity contribution in [2.24, 2.45) is 0 Å². The third kappa shape index (κ3) is 3.35. The van der Waals surface area contributed by atoms with Gasteiger partial charge in [-0.15, -0.1) is 0 Å². The van der Waals surface area contributed by atoms with Crippen LogP contribution in [0, 0.1) is 5.82 Å². The van der Waals surface area contributed by atoms with Crippen LogP contribution < -0.4 is 15.2 Å². The quantitative estimate of drug-likeness (QED) is 0.821. The maximum atomic E-state index is 13.6. The van der Waals surface area contributed by atoms with Crippen molar-refractivity contribution >= 4 is 33.2 Å². The summed E-state index contributed by atoms with van der Waals surface area (Å²) in [6.07, 6.45) is 0. The largest absolute Gasteiger partial charge is 0.494 e. The first-order chi connectivity index (χ1) is 9.51. The number of halogens is 3. The molecule has 106 valence electrons. The smallest absolute Gasteiger partial charge is 0.165 e. The number of nitrogen functional groups attached to an aromatic ring is 1. The van der Waals surface area contributed by atoms with Crippen LogP contribution in [0.15, 0.2) is 34.8 Å². The van der Waals surface area contributed by atoms with E-state index in [0.29, 0.717) is 26.5 Å². The minimum atomic E-state index is -0.434. The van der Waals surface area contributed by atoms with E-state index < -0.39 is 5.82 Å². The van der Waals surface area contributed by atoms with E-state index in [2.05, 4.69) is 15.9 Å². The van der Waals surface area contributed by atoms with E-state index in [4.69, 9.17) is 26.8 Å². The molecule has 0 aliphatic rings. The Labute approximate surface area is 129 Å². The molecule has 0 aliphatic carbocycles. The van der Waals surface area contributed by atoms with Gasteiger partial charge >= 0.3 is 0 Å². The molecule has 0 aliphatic heterocycles. The maximum absolute atomic E-state index is 13.6. The highest BCUT2D eigenvalue weighted by atomic mass is 79.9. The van der Waals surface area contributed by atoms with Gasteiger partial charge in [0.15, 0.2) is 17.3 Å². The van der Waals surface area contributed by atoms with Crippen LogP contribution in [0.25, 0.3) is 0 Å². The molecule has 2 aromatic rings. The molecule has 0 bridgehead atoms. The summed E-state index contributed by atoms with van der Waals surface area (Å²) in [5.74, 6) is 0.239. The van der Waals surface area contributed by atoms with E-state index in [1.807, 2.05) is 0 Å². The van der Waals surface area contributed by atoms with Gasteiger partial charge in [-0.3, -0.25) is 0 Å². The highest BCUT2D eigenvalue weighted by Crippen LogP contribution is 2.35. The van der Waals surface area contributed by atoms with Gasteiger partial charge in [-0.25, -0.2) is 4.39 Å². The molecule has 20 heavy (non-hydrogen) atoms. The van der Waals surface area contributed by atoms with E-state index in [1.165, 1.54) is 13.2 Å². The van der Waals surface area contributed by atoms with Gasteiger partial charge in [0, 0.05) is 5.02 Å². The van der Waals surface area contributed by atoms with Crippen molar-refractivity contribution in [3.8, 4) is 11.5 Å². The fourth-order valence-corrected chi connectivity index (χ4v) is 2.64. The Kier molecular flexibility index (Phi) is 4.73. The van der Waals surface area contributed by atoms with E-state index in [-0.39, 0.29) is 12.4 Å². The van der Waals surface area contributed by atoms with Gasteiger partial charge in [0.25, 0.3) is 0 Å². The summed E-state index contributed by atoms with van der Waals surface area (Å²) < 4.78 is 24.7. The number of ether oxygens (including phenoxy) is 2. The van der Waals surface area contributed by atoms with Crippen LogP contribution in [0.4, 0.5) is 10.1 Å². The first-order valence-electron chi connectivity index (χ1n) is 5.71. The summed E-state index contributed by atoms with van der Waals surface area (Å²) in [5.41, 5.74) is 6.91. The molecule has 0 radical (unpaired) electrons. The Balaban J connectivity index is 2.15. The lowest BCUT2D eigenvalue weighted by Crippen LogP contribution is -2.00. The maximum Gasteiger partial charge on any atom is 0.165 e. The normalized spacial score (nSPS) is 10.4. The first-order valence-corrected chi connectivity index (χ1v) is 6.88. The topological polar surface area (TPSA) is 44.5 Å². The SMILES string of the molecule is COc1ccc(COc2c(N)cc(Cl)cc2Br)cc1F. The summed E-state index contributed by atoms with van der Waals surface area (Å²) in [6.45, 7) is 0.186. The fraction of sp³-hybridized carbons (Fsp3) is 0.143. The average Bonchev–Trinajstić information content (AvgIpc) is 2.37. The zero-order valence-corrected chi connectivity index (χ0v) is 13.0. The molecule has 0 saturated carbocycles. The number of methoxy groups -OCH3 is 1. The highest BCUT2D eigenvalue weighted by molar-refractivity contribution is 9.10. The lowest BCUT2D eigenvalue weighted by molar-refractivity contribution is 0.304. The van der Waals surface area contributed by atoms with Crippen molar-refractivity contribution in [3.63, 3.8) is 0 Å². The zero-order chi connectivity index (χ0) is 14.7. The Morgan fingerprint density at radius 2 is 2.05 bits per heavy atom. The molecule has 0 heterocycles. The van der Waals surface area contributed by atoms with Crippen LogP contribution in [-0.4, -0.2) is 7.11 Å². The number of anilines is 1. The Bertz CT molecular complexity index is 614. The van der Waals surface area contributed by atoms with E-state index in [1.54, 1.807) is 24.3 Å². The van der Waals surface area contributed by atoms with Gasteiger partial charge in [-0.1, -0.05) is 17.7 Å². The van der Waals surface area contributed by atoms with Gasteiger partial charge in [-0.2, -0.15) is 0 Å². The molecular formula is C14H12BrClFNO2. The van der Waals surface area contributed by atoms with Crippen molar-refractivity contribution in [1.82, 2.24) is 0 Å². The third-order valence-corrected chi connectivity index (χ3v) is 3.44. The standard InChI is InChI=1S/C14H12BrClFNO2/c1-19-13-3-2-8(4-11(13)17)7-20-14-10(15)5-9(16)6-12(14)18/h2-6H,7,18H2,1H3. The molecule has 6 heteroatoms. The Morgan fingerprint density at radius 3 is 2.65 bits per heavy atom. The minimum Gasteiger partial charge on any atom is -0.494 e. The van der Waals surface area contributed by atoms with Gasteiger partial charge in [0.2, 0.25) is 0 Å². The molecule has 0 spiro atoms. The van der Waals surface area contributed by atoms with Crippen molar-refractivity contribution in [2.75, 3.05) is 12.8 Å². The molecule has 3 nitrogen and oxygen atoms in total. The predicted molar refractivity (Wildman–Crippen MR) is 80.8 cm³/mol. The van der Waals surface area contributed by atoms with Crippen LogP contribution >= 0.6 is 27.5 Å². The van der Waals surface area contributed by atoms with Crippen LogP contribution in [0.1, 0.15) is 5.56 Å². The Hall–Kier alpha value is -1.46. The van der Waals surface area contributed by atoms with Crippen molar-refractivity contribution in [2.45, 2.75) is 6.61 Å². The van der Waals surface area contributed by atoms with E-state index in [0.717, 1.165) is 0 Å². The van der Waals surface area contributed by atoms with Gasteiger partial charge < -0.3 is 15.2 Å². The van der Waals surface area contributed by atoms with E-state index in [9.17, 15) is 4.39 Å². The van der Waals surface area contributed by atoms with Crippen molar-refractivity contribution < 1.29 is 13.9 Å². The number of benzene rings is 2. The van der Waals surface area contributed by atoms with Crippen molar-refractivity contribution in [3.05, 3.63) is 51.2 Å². The molecule has 2 rings (SSSR count). The summed E-state index contributed by atoms with van der Waals surface area (Å²) in [7, 11) is 1.42. The summed E-state index contributed by atoms with van der Waals surface area (Å²) in [5, 5.41) is 0.511. The molecule has 0 amide bonds. The fourth-order valence-electron chi connectivity index (χ4n) is 1.69. The minimum absolute atomic E-state index is 0.186. The summed E-state index contributed by atoms with van der Waals surface area (Å²) >= 11 is 9.19. The van der Waals surface area contributed by atoms with Crippen LogP contribution in [0.5, 0.6) is 11.5 Å². The molecule has 0 aromatic heterocycles. The molecular weight excluding hydrogens is 349 g/mol. The highest BCUT2D eigenvalue weighted by Gasteiger charge is 2.09. The van der Waals surface area contributed by atoms with Crippen LogP contribution in [0.2, 0.25) is 5.02 Å². The average molecular weight is 361 g/mol. The first kappa shape index (κ1) is 14.9. The van der Waals surface area contributed by atoms with Gasteiger partial charge in [0.05, 0.1) is 17.3 Å². The molecule has 0 unspecified atom stereocenters. The summed E-state index contributed by atoms with van der Waals surface area (Å²) in [6, 6.07) is 7.91.